The Hall–Kier alpha value is -0.230. The molecule has 0 aliphatic heterocycles. The first-order valence-electron chi connectivity index (χ1n) is 7.68. The number of ether oxygens (including phenoxy) is 1. The van der Waals surface area contributed by atoms with Gasteiger partial charge < -0.3 is 15.8 Å². The highest BCUT2D eigenvalue weighted by Crippen LogP contribution is 2.72. The van der Waals surface area contributed by atoms with E-state index in [2.05, 4.69) is 5.32 Å². The van der Waals surface area contributed by atoms with Crippen LogP contribution in [0.1, 0.15) is 40.0 Å². The van der Waals surface area contributed by atoms with E-state index in [1.165, 1.54) is 0 Å². The largest absolute Gasteiger partial charge is 0.459 e. The molecule has 0 spiro atoms. The molecule has 2 aliphatic carbocycles. The highest BCUT2D eigenvalue weighted by Gasteiger charge is 2.73. The third kappa shape index (κ3) is 2.74. The summed E-state index contributed by atoms with van der Waals surface area (Å²) in [5, 5.41) is 2.89. The van der Waals surface area contributed by atoms with Crippen molar-refractivity contribution in [2.45, 2.75) is 49.9 Å². The molecule has 2 saturated carbocycles. The number of esters is 1. The van der Waals surface area contributed by atoms with Crippen LogP contribution in [0.25, 0.3) is 0 Å². The standard InChI is InChI=1S/C15H23Cl3N2O3/c1-12(2)13(3)4-5-14(12,10(21)20-7-6-19)8-9(13)23-11(22)15(16,17)18/h9H,4-8,19H2,1-3H3,(H,20,21)/t9-,13+,14+/m0/s1. The number of fused-ring (bicyclic) bond motifs is 2. The van der Waals surface area contributed by atoms with E-state index in [0.717, 1.165) is 12.8 Å². The number of nitrogens with two attached hydrogens (primary N) is 1. The average molecular weight is 386 g/mol. The molecule has 8 heteroatoms. The predicted molar refractivity (Wildman–Crippen MR) is 90.4 cm³/mol. The lowest BCUT2D eigenvalue weighted by Gasteiger charge is -2.40. The fourth-order valence-corrected chi connectivity index (χ4v) is 4.45. The van der Waals surface area contributed by atoms with Crippen LogP contribution in [0.5, 0.6) is 0 Å². The van der Waals surface area contributed by atoms with Crippen LogP contribution in [0.15, 0.2) is 0 Å². The van der Waals surface area contributed by atoms with Gasteiger partial charge in [-0.3, -0.25) is 4.79 Å². The molecule has 0 aromatic heterocycles. The fraction of sp³-hybridized carbons (Fsp3) is 0.867. The van der Waals surface area contributed by atoms with Gasteiger partial charge >= 0.3 is 5.97 Å². The lowest BCUT2D eigenvalue weighted by molar-refractivity contribution is -0.156. The molecule has 5 nitrogen and oxygen atoms in total. The van der Waals surface area contributed by atoms with Crippen molar-refractivity contribution in [2.24, 2.45) is 22.0 Å². The molecule has 1 amide bonds. The van der Waals surface area contributed by atoms with Crippen LogP contribution in [0.4, 0.5) is 0 Å². The quantitative estimate of drug-likeness (QED) is 0.575. The Morgan fingerprint density at radius 1 is 1.26 bits per heavy atom. The van der Waals surface area contributed by atoms with Crippen LogP contribution in [-0.2, 0) is 14.3 Å². The first-order chi connectivity index (χ1) is 10.4. The number of carbonyl (C=O) groups excluding carboxylic acids is 2. The zero-order valence-electron chi connectivity index (χ0n) is 13.5. The lowest BCUT2D eigenvalue weighted by atomic mass is 9.64. The summed E-state index contributed by atoms with van der Waals surface area (Å²) in [6, 6.07) is 0. The Labute approximate surface area is 151 Å². The molecule has 2 aliphatic rings. The van der Waals surface area contributed by atoms with Crippen molar-refractivity contribution >= 4 is 46.7 Å². The molecule has 2 bridgehead atoms. The van der Waals surface area contributed by atoms with Gasteiger partial charge in [0.1, 0.15) is 6.10 Å². The normalized spacial score (nSPS) is 35.2. The Morgan fingerprint density at radius 2 is 1.87 bits per heavy atom. The van der Waals surface area contributed by atoms with E-state index >= 15 is 0 Å². The second kappa shape index (κ2) is 5.94. The van der Waals surface area contributed by atoms with Gasteiger partial charge in [-0.1, -0.05) is 55.6 Å². The number of rotatable bonds is 4. The van der Waals surface area contributed by atoms with E-state index < -0.39 is 21.3 Å². The molecule has 2 fully saturated rings. The van der Waals surface area contributed by atoms with Crippen molar-refractivity contribution in [1.82, 2.24) is 5.32 Å². The maximum absolute atomic E-state index is 12.8. The molecule has 0 saturated heterocycles. The molecule has 0 heterocycles. The van der Waals surface area contributed by atoms with E-state index in [9.17, 15) is 9.59 Å². The van der Waals surface area contributed by atoms with Crippen LogP contribution in [0.3, 0.4) is 0 Å². The van der Waals surface area contributed by atoms with Crippen molar-refractivity contribution in [3.8, 4) is 0 Å². The maximum Gasteiger partial charge on any atom is 0.358 e. The Balaban J connectivity index is 2.28. The van der Waals surface area contributed by atoms with Gasteiger partial charge in [0.15, 0.2) is 0 Å². The lowest BCUT2D eigenvalue weighted by Crippen LogP contribution is -2.47. The summed E-state index contributed by atoms with van der Waals surface area (Å²) < 4.78 is 3.37. The van der Waals surface area contributed by atoms with E-state index in [0.29, 0.717) is 19.5 Å². The van der Waals surface area contributed by atoms with Crippen LogP contribution >= 0.6 is 34.8 Å². The van der Waals surface area contributed by atoms with Crippen molar-refractivity contribution in [2.75, 3.05) is 13.1 Å². The van der Waals surface area contributed by atoms with E-state index in [4.69, 9.17) is 45.3 Å². The smallest absolute Gasteiger partial charge is 0.358 e. The number of hydrogen-bond donors (Lipinski definition) is 2. The minimum absolute atomic E-state index is 0.0379. The van der Waals surface area contributed by atoms with Crippen molar-refractivity contribution in [1.29, 1.82) is 0 Å². The fourth-order valence-electron chi connectivity index (χ4n) is 4.32. The second-order valence-corrected chi connectivity index (χ2v) is 9.55. The van der Waals surface area contributed by atoms with Crippen molar-refractivity contribution in [3.05, 3.63) is 0 Å². The zero-order valence-corrected chi connectivity index (χ0v) is 15.8. The van der Waals surface area contributed by atoms with Gasteiger partial charge in [0.05, 0.1) is 5.41 Å². The molecule has 3 N–H and O–H groups in total. The molecular weight excluding hydrogens is 363 g/mol. The van der Waals surface area contributed by atoms with Crippen LogP contribution in [0.2, 0.25) is 0 Å². The molecule has 23 heavy (non-hydrogen) atoms. The summed E-state index contributed by atoms with van der Waals surface area (Å²) in [5.41, 5.74) is 4.18. The Morgan fingerprint density at radius 3 is 2.39 bits per heavy atom. The van der Waals surface area contributed by atoms with Gasteiger partial charge in [0.2, 0.25) is 5.91 Å². The topological polar surface area (TPSA) is 81.4 Å². The predicted octanol–water partition coefficient (Wildman–Crippen LogP) is 2.56. The number of hydrogen-bond acceptors (Lipinski definition) is 4. The first kappa shape index (κ1) is 19.1. The summed E-state index contributed by atoms with van der Waals surface area (Å²) in [6.45, 7) is 6.93. The zero-order chi connectivity index (χ0) is 17.7. The van der Waals surface area contributed by atoms with Crippen molar-refractivity contribution in [3.63, 3.8) is 0 Å². The second-order valence-electron chi connectivity index (χ2n) is 7.26. The number of halogens is 3. The van der Waals surface area contributed by atoms with E-state index in [1.807, 2.05) is 20.8 Å². The number of alkyl halides is 3. The summed E-state index contributed by atoms with van der Waals surface area (Å²) in [6.07, 6.45) is 1.49. The minimum atomic E-state index is -2.11. The molecule has 3 atom stereocenters. The molecule has 0 aromatic rings. The van der Waals surface area contributed by atoms with Crippen molar-refractivity contribution < 1.29 is 14.3 Å². The van der Waals surface area contributed by atoms with Crippen LogP contribution in [-0.4, -0.2) is 34.9 Å². The van der Waals surface area contributed by atoms with Gasteiger partial charge in [0, 0.05) is 18.5 Å². The number of nitrogens with one attached hydrogen (secondary N) is 1. The third-order valence-corrected chi connectivity index (χ3v) is 6.75. The summed E-state index contributed by atoms with van der Waals surface area (Å²) in [4.78, 5) is 24.7. The molecule has 0 aromatic carbocycles. The van der Waals surface area contributed by atoms with E-state index in [-0.39, 0.29) is 16.7 Å². The molecule has 2 rings (SSSR count). The average Bonchev–Trinajstić information content (AvgIpc) is 2.74. The van der Waals surface area contributed by atoms with Crippen LogP contribution in [0, 0.1) is 16.2 Å². The van der Waals surface area contributed by atoms with Crippen LogP contribution < -0.4 is 11.1 Å². The summed E-state index contributed by atoms with van der Waals surface area (Å²) in [7, 11) is 0. The van der Waals surface area contributed by atoms with Gasteiger partial charge in [-0.15, -0.1) is 0 Å². The Bertz CT molecular complexity index is 521. The molecule has 0 radical (unpaired) electrons. The number of carbonyl (C=O) groups is 2. The maximum atomic E-state index is 12.8. The van der Waals surface area contributed by atoms with Gasteiger partial charge in [-0.25, -0.2) is 4.79 Å². The summed E-state index contributed by atoms with van der Waals surface area (Å²) in [5.74, 6) is -0.932. The van der Waals surface area contributed by atoms with E-state index in [1.54, 1.807) is 0 Å². The third-order valence-electron chi connectivity index (χ3n) is 6.29. The SMILES string of the molecule is CC1(C)[C@]2(C(=O)NCCN)CC[C@]1(C)[C@@H](OC(=O)C(Cl)(Cl)Cl)C2. The van der Waals surface area contributed by atoms with Gasteiger partial charge in [0.25, 0.3) is 3.79 Å². The Kier molecular flexibility index (Phi) is 4.93. The first-order valence-corrected chi connectivity index (χ1v) is 8.82. The number of amides is 1. The molecule has 132 valence electrons. The monoisotopic (exact) mass is 384 g/mol. The van der Waals surface area contributed by atoms with Gasteiger partial charge in [-0.2, -0.15) is 0 Å². The molecule has 0 unspecified atom stereocenters. The van der Waals surface area contributed by atoms with Gasteiger partial charge in [-0.05, 0) is 24.7 Å². The minimum Gasteiger partial charge on any atom is -0.459 e. The highest BCUT2D eigenvalue weighted by molar-refractivity contribution is 6.75. The summed E-state index contributed by atoms with van der Waals surface area (Å²) >= 11 is 16.8. The highest BCUT2D eigenvalue weighted by atomic mass is 35.6. The molecular formula is C15H23Cl3N2O3.